The van der Waals surface area contributed by atoms with Crippen LogP contribution in [0, 0.1) is 0 Å². The Morgan fingerprint density at radius 3 is 1.58 bits per heavy atom. The number of carboxylic acid groups (broad SMARTS) is 1. The minimum absolute atomic E-state index is 0.0999. The molecule has 6 nitrogen and oxygen atoms in total. The molecule has 0 bridgehead atoms. The minimum Gasteiger partial charge on any atom is -0.478 e. The number of benzene rings is 2. The van der Waals surface area contributed by atoms with E-state index in [0.29, 0.717) is 15.6 Å². The van der Waals surface area contributed by atoms with Crippen LogP contribution in [0.4, 0.5) is 11.4 Å². The molecule has 0 aromatic heterocycles. The first-order valence-electron chi connectivity index (χ1n) is 11.4. The van der Waals surface area contributed by atoms with E-state index in [1.165, 1.54) is 44.6 Å². The quantitative estimate of drug-likeness (QED) is 0.572. The predicted molar refractivity (Wildman–Crippen MR) is 135 cm³/mol. The van der Waals surface area contributed by atoms with Crippen LogP contribution in [-0.2, 0) is 0 Å². The smallest absolute Gasteiger partial charge is 0.335 e. The van der Waals surface area contributed by atoms with Gasteiger partial charge in [0.1, 0.15) is 0 Å². The van der Waals surface area contributed by atoms with Gasteiger partial charge in [0.25, 0.3) is 5.91 Å². The number of rotatable bonds is 4. The van der Waals surface area contributed by atoms with Crippen molar-refractivity contribution in [1.82, 2.24) is 5.32 Å². The summed E-state index contributed by atoms with van der Waals surface area (Å²) >= 11 is 12.3. The lowest BCUT2D eigenvalue weighted by atomic mass is 10.1. The van der Waals surface area contributed by atoms with Gasteiger partial charge in [-0.05, 0) is 74.9 Å². The van der Waals surface area contributed by atoms with E-state index >= 15 is 0 Å². The average Bonchev–Trinajstić information content (AvgIpc) is 2.85. The van der Waals surface area contributed by atoms with Crippen LogP contribution < -0.4 is 15.1 Å². The van der Waals surface area contributed by atoms with Gasteiger partial charge in [-0.3, -0.25) is 4.79 Å². The maximum atomic E-state index is 11.5. The summed E-state index contributed by atoms with van der Waals surface area (Å²) in [6.07, 6.45) is 7.35. The molecule has 0 radical (unpaired) electrons. The first-order valence-corrected chi connectivity index (χ1v) is 12.2. The molecule has 0 unspecified atom stereocenters. The van der Waals surface area contributed by atoms with E-state index in [9.17, 15) is 9.59 Å². The Bertz CT molecular complexity index is 971. The van der Waals surface area contributed by atoms with Crippen LogP contribution in [0.2, 0.25) is 10.0 Å². The molecular weight excluding hydrogens is 461 g/mol. The van der Waals surface area contributed by atoms with E-state index < -0.39 is 5.97 Å². The molecular formula is C25H31Cl2N3O3. The maximum Gasteiger partial charge on any atom is 0.335 e. The van der Waals surface area contributed by atoms with Crippen LogP contribution in [0.15, 0.2) is 36.4 Å². The van der Waals surface area contributed by atoms with Crippen LogP contribution in [0.5, 0.6) is 0 Å². The van der Waals surface area contributed by atoms with Crippen molar-refractivity contribution in [2.24, 2.45) is 0 Å². The predicted octanol–water partition coefficient (Wildman–Crippen LogP) is 5.72. The zero-order chi connectivity index (χ0) is 23.8. The van der Waals surface area contributed by atoms with Crippen molar-refractivity contribution < 1.29 is 14.7 Å². The Morgan fingerprint density at radius 1 is 0.758 bits per heavy atom. The summed E-state index contributed by atoms with van der Waals surface area (Å²) in [6.45, 7) is 4.12. The van der Waals surface area contributed by atoms with Gasteiger partial charge in [-0.1, -0.05) is 23.2 Å². The van der Waals surface area contributed by atoms with E-state index in [1.807, 2.05) is 12.1 Å². The number of carbonyl (C=O) groups excluding carboxylic acids is 1. The van der Waals surface area contributed by atoms with Gasteiger partial charge < -0.3 is 20.2 Å². The lowest BCUT2D eigenvalue weighted by Gasteiger charge is -2.29. The molecule has 178 valence electrons. The Kier molecular flexibility index (Phi) is 9.27. The number of carbonyl (C=O) groups is 2. The molecule has 0 saturated carbocycles. The normalized spacial score (nSPS) is 16.0. The van der Waals surface area contributed by atoms with E-state index in [2.05, 4.69) is 15.1 Å². The van der Waals surface area contributed by atoms with Crippen LogP contribution in [0.1, 0.15) is 59.2 Å². The second kappa shape index (κ2) is 12.1. The van der Waals surface area contributed by atoms with Gasteiger partial charge in [0.2, 0.25) is 0 Å². The lowest BCUT2D eigenvalue weighted by Crippen LogP contribution is -2.29. The molecule has 1 amide bonds. The summed E-state index contributed by atoms with van der Waals surface area (Å²) in [4.78, 5) is 26.7. The molecule has 33 heavy (non-hydrogen) atoms. The van der Waals surface area contributed by atoms with Crippen LogP contribution in [-0.4, -0.2) is 50.2 Å². The average molecular weight is 492 g/mol. The van der Waals surface area contributed by atoms with Crippen molar-refractivity contribution in [3.8, 4) is 0 Å². The molecule has 2 N–H and O–H groups in total. The van der Waals surface area contributed by atoms with Crippen molar-refractivity contribution in [2.75, 3.05) is 43.0 Å². The molecule has 0 atom stereocenters. The van der Waals surface area contributed by atoms with Gasteiger partial charge in [-0.15, -0.1) is 0 Å². The minimum atomic E-state index is -0.938. The molecule has 2 saturated heterocycles. The van der Waals surface area contributed by atoms with Gasteiger partial charge in [0, 0.05) is 38.8 Å². The summed E-state index contributed by atoms with van der Waals surface area (Å²) in [5, 5.41) is 12.6. The Hall–Kier alpha value is -2.44. The van der Waals surface area contributed by atoms with Crippen LogP contribution >= 0.6 is 23.2 Å². The number of halogens is 2. The first-order chi connectivity index (χ1) is 15.9. The number of nitrogens with zero attached hydrogens (tertiary/aromatic N) is 2. The highest BCUT2D eigenvalue weighted by molar-refractivity contribution is 6.34. The number of hydrogen-bond acceptors (Lipinski definition) is 4. The molecule has 2 fully saturated rings. The van der Waals surface area contributed by atoms with Gasteiger partial charge in [-0.25, -0.2) is 4.79 Å². The number of hydrogen-bond donors (Lipinski definition) is 2. The summed E-state index contributed by atoms with van der Waals surface area (Å²) < 4.78 is 0. The molecule has 0 spiro atoms. The van der Waals surface area contributed by atoms with E-state index in [1.54, 1.807) is 25.2 Å². The van der Waals surface area contributed by atoms with E-state index in [4.69, 9.17) is 28.3 Å². The third kappa shape index (κ3) is 6.78. The SMILES string of the molecule is CNC(=O)c1ccc(N2CCCCC2)c(Cl)c1.O=C(O)c1ccc(N2CCCCC2)c(Cl)c1. The molecule has 2 heterocycles. The van der Waals surface area contributed by atoms with Crippen molar-refractivity contribution >= 4 is 46.5 Å². The van der Waals surface area contributed by atoms with Gasteiger partial charge in [-0.2, -0.15) is 0 Å². The van der Waals surface area contributed by atoms with Crippen molar-refractivity contribution in [2.45, 2.75) is 38.5 Å². The standard InChI is InChI=1S/C13H17ClN2O.C12H14ClNO2/c1-15-13(17)10-5-6-12(11(14)9-10)16-7-3-2-4-8-16;13-10-8-9(12(15)16)4-5-11(10)14-6-2-1-3-7-14/h5-6,9H,2-4,7-8H2,1H3,(H,15,17);4-5,8H,1-3,6-7H2,(H,15,16). The second-order valence-electron chi connectivity index (χ2n) is 8.31. The third-order valence-corrected chi connectivity index (χ3v) is 6.63. The summed E-state index contributed by atoms with van der Waals surface area (Å²) in [7, 11) is 1.62. The van der Waals surface area contributed by atoms with Crippen molar-refractivity contribution in [3.63, 3.8) is 0 Å². The van der Waals surface area contributed by atoms with Gasteiger partial charge in [0.15, 0.2) is 0 Å². The zero-order valence-corrected chi connectivity index (χ0v) is 20.5. The molecule has 2 aliphatic heterocycles. The highest BCUT2D eigenvalue weighted by Gasteiger charge is 2.16. The number of amides is 1. The summed E-state index contributed by atoms with van der Waals surface area (Å²) in [6, 6.07) is 10.4. The summed E-state index contributed by atoms with van der Waals surface area (Å²) in [5.74, 6) is -1.04. The van der Waals surface area contributed by atoms with Crippen molar-refractivity contribution in [3.05, 3.63) is 57.6 Å². The van der Waals surface area contributed by atoms with Gasteiger partial charge >= 0.3 is 5.97 Å². The summed E-state index contributed by atoms with van der Waals surface area (Å²) in [5.41, 5.74) is 2.84. The van der Waals surface area contributed by atoms with Crippen LogP contribution in [0.25, 0.3) is 0 Å². The fourth-order valence-electron chi connectivity index (χ4n) is 4.21. The monoisotopic (exact) mass is 491 g/mol. The zero-order valence-electron chi connectivity index (χ0n) is 18.9. The number of piperidine rings is 2. The number of carboxylic acids is 1. The van der Waals surface area contributed by atoms with E-state index in [0.717, 1.165) is 37.6 Å². The van der Waals surface area contributed by atoms with Crippen LogP contribution in [0.3, 0.4) is 0 Å². The molecule has 4 rings (SSSR count). The molecule has 2 aliphatic rings. The molecule has 8 heteroatoms. The maximum absolute atomic E-state index is 11.5. The fraction of sp³-hybridized carbons (Fsp3) is 0.440. The Labute approximate surface area is 205 Å². The number of aromatic carboxylic acids is 1. The lowest BCUT2D eigenvalue weighted by molar-refractivity contribution is 0.0696. The fourth-order valence-corrected chi connectivity index (χ4v) is 4.82. The largest absolute Gasteiger partial charge is 0.478 e. The Morgan fingerprint density at radius 2 is 1.18 bits per heavy atom. The number of anilines is 2. The molecule has 0 aliphatic carbocycles. The number of nitrogens with one attached hydrogen (secondary N) is 1. The first kappa shape index (κ1) is 25.2. The third-order valence-electron chi connectivity index (χ3n) is 6.03. The topological polar surface area (TPSA) is 72.9 Å². The van der Waals surface area contributed by atoms with E-state index in [-0.39, 0.29) is 11.5 Å². The van der Waals surface area contributed by atoms with Crippen molar-refractivity contribution in [1.29, 1.82) is 0 Å². The molecule has 2 aromatic carbocycles. The molecule has 2 aromatic rings. The highest BCUT2D eigenvalue weighted by atomic mass is 35.5. The Balaban J connectivity index is 0.000000186. The second-order valence-corrected chi connectivity index (χ2v) is 9.13. The highest BCUT2D eigenvalue weighted by Crippen LogP contribution is 2.30. The van der Waals surface area contributed by atoms with Gasteiger partial charge in [0.05, 0.1) is 27.0 Å².